The Hall–Kier alpha value is -0.410. The van der Waals surface area contributed by atoms with Gasteiger partial charge in [-0.2, -0.15) is 0 Å². The first-order valence-corrected chi connectivity index (χ1v) is 12.5. The number of amides is 1. The molecule has 166 valence electrons. The number of halogens is 2. The van der Waals surface area contributed by atoms with Crippen LogP contribution in [-0.4, -0.2) is 42.4 Å². The summed E-state index contributed by atoms with van der Waals surface area (Å²) in [7, 11) is 0. The van der Waals surface area contributed by atoms with Crippen molar-refractivity contribution < 1.29 is 9.53 Å². The van der Waals surface area contributed by atoms with E-state index in [1.165, 1.54) is 77.0 Å². The second-order valence-electron chi connectivity index (χ2n) is 7.42. The summed E-state index contributed by atoms with van der Waals surface area (Å²) in [5.41, 5.74) is 0. The molecule has 0 bridgehead atoms. The minimum atomic E-state index is -0.297. The van der Waals surface area contributed by atoms with Gasteiger partial charge in [-0.3, -0.25) is 0 Å². The molecule has 5 heteroatoms. The Bertz CT molecular complexity index is 359. The molecule has 0 saturated heterocycles. The van der Waals surface area contributed by atoms with Gasteiger partial charge in [0.2, 0.25) is 0 Å². The standard InChI is InChI=1S/C23H43Cl2NO2/c1-2-3-4-5-6-7-8-9-10-11-12-13-14-15-16-17-22-28-23(27)26(20-18-24)21-19-25/h9-10H,2-8,11-22H2,1H3/b10-9-. The molecule has 0 aliphatic heterocycles. The maximum Gasteiger partial charge on any atom is 0.409 e. The van der Waals surface area contributed by atoms with Gasteiger partial charge in [0.25, 0.3) is 0 Å². The second kappa shape index (κ2) is 22.9. The van der Waals surface area contributed by atoms with Gasteiger partial charge in [-0.05, 0) is 32.1 Å². The fraction of sp³-hybridized carbons (Fsp3) is 0.870. The zero-order valence-electron chi connectivity index (χ0n) is 18.1. The Balaban J connectivity index is 3.35. The van der Waals surface area contributed by atoms with Gasteiger partial charge in [0.05, 0.1) is 6.61 Å². The van der Waals surface area contributed by atoms with Crippen molar-refractivity contribution in [3.8, 4) is 0 Å². The molecule has 0 saturated carbocycles. The number of allylic oxidation sites excluding steroid dienone is 2. The van der Waals surface area contributed by atoms with Crippen LogP contribution in [0, 0.1) is 0 Å². The largest absolute Gasteiger partial charge is 0.449 e. The molecule has 0 rings (SSSR count). The fourth-order valence-electron chi connectivity index (χ4n) is 3.10. The van der Waals surface area contributed by atoms with Crippen LogP contribution in [-0.2, 0) is 4.74 Å². The molecule has 0 radical (unpaired) electrons. The molecule has 3 nitrogen and oxygen atoms in total. The van der Waals surface area contributed by atoms with E-state index in [1.807, 2.05) is 0 Å². The van der Waals surface area contributed by atoms with Crippen molar-refractivity contribution in [2.75, 3.05) is 31.5 Å². The van der Waals surface area contributed by atoms with Crippen LogP contribution in [0.15, 0.2) is 12.2 Å². The molecule has 0 aromatic rings. The summed E-state index contributed by atoms with van der Waals surface area (Å²) >= 11 is 11.4. The van der Waals surface area contributed by atoms with Crippen molar-refractivity contribution in [1.82, 2.24) is 4.90 Å². The average molecular weight is 437 g/mol. The predicted molar refractivity (Wildman–Crippen MR) is 124 cm³/mol. The molecule has 0 atom stereocenters. The third-order valence-corrected chi connectivity index (χ3v) is 5.19. The minimum absolute atomic E-state index is 0.297. The molecular formula is C23H43Cl2NO2. The number of ether oxygens (including phenoxy) is 1. The Labute approximate surface area is 184 Å². The summed E-state index contributed by atoms with van der Waals surface area (Å²) in [6.07, 6.45) is 22.3. The van der Waals surface area contributed by atoms with Crippen LogP contribution in [0.4, 0.5) is 4.79 Å². The summed E-state index contributed by atoms with van der Waals surface area (Å²) in [4.78, 5) is 13.4. The van der Waals surface area contributed by atoms with Gasteiger partial charge >= 0.3 is 6.09 Å². The molecule has 0 aromatic heterocycles. The first-order chi connectivity index (χ1) is 13.8. The van der Waals surface area contributed by atoms with Crippen molar-refractivity contribution in [3.63, 3.8) is 0 Å². The van der Waals surface area contributed by atoms with Crippen molar-refractivity contribution in [1.29, 1.82) is 0 Å². The summed E-state index contributed by atoms with van der Waals surface area (Å²) in [6, 6.07) is 0. The van der Waals surface area contributed by atoms with E-state index >= 15 is 0 Å². The summed E-state index contributed by atoms with van der Waals surface area (Å²) in [5.74, 6) is 0.806. The quantitative estimate of drug-likeness (QED) is 0.110. The van der Waals surface area contributed by atoms with Crippen molar-refractivity contribution in [2.45, 2.75) is 96.8 Å². The normalized spacial score (nSPS) is 11.2. The van der Waals surface area contributed by atoms with Crippen molar-refractivity contribution in [2.24, 2.45) is 0 Å². The maximum atomic E-state index is 11.9. The fourth-order valence-corrected chi connectivity index (χ4v) is 3.51. The zero-order chi connectivity index (χ0) is 20.7. The van der Waals surface area contributed by atoms with Gasteiger partial charge < -0.3 is 9.64 Å². The van der Waals surface area contributed by atoms with Crippen LogP contribution in [0.25, 0.3) is 0 Å². The Kier molecular flexibility index (Phi) is 22.5. The first kappa shape index (κ1) is 27.6. The van der Waals surface area contributed by atoms with Crippen molar-refractivity contribution >= 4 is 29.3 Å². The van der Waals surface area contributed by atoms with E-state index in [1.54, 1.807) is 4.90 Å². The highest BCUT2D eigenvalue weighted by Gasteiger charge is 2.13. The minimum Gasteiger partial charge on any atom is -0.449 e. The monoisotopic (exact) mass is 435 g/mol. The number of hydrogen-bond acceptors (Lipinski definition) is 2. The van der Waals surface area contributed by atoms with Gasteiger partial charge in [0.1, 0.15) is 0 Å². The van der Waals surface area contributed by atoms with E-state index in [9.17, 15) is 4.79 Å². The highest BCUT2D eigenvalue weighted by Crippen LogP contribution is 2.10. The number of nitrogens with zero attached hydrogens (tertiary/aromatic N) is 1. The Morgan fingerprint density at radius 1 is 0.750 bits per heavy atom. The molecule has 0 unspecified atom stereocenters. The van der Waals surface area contributed by atoms with E-state index in [-0.39, 0.29) is 6.09 Å². The molecule has 0 heterocycles. The molecule has 0 aliphatic carbocycles. The van der Waals surface area contributed by atoms with Gasteiger partial charge in [0.15, 0.2) is 0 Å². The lowest BCUT2D eigenvalue weighted by Gasteiger charge is -2.19. The summed E-state index contributed by atoms with van der Waals surface area (Å²) < 4.78 is 5.29. The Morgan fingerprint density at radius 3 is 1.71 bits per heavy atom. The summed E-state index contributed by atoms with van der Waals surface area (Å²) in [5, 5.41) is 0. The third kappa shape index (κ3) is 18.9. The highest BCUT2D eigenvalue weighted by atomic mass is 35.5. The number of alkyl halides is 2. The smallest absolute Gasteiger partial charge is 0.409 e. The lowest BCUT2D eigenvalue weighted by molar-refractivity contribution is 0.105. The lowest BCUT2D eigenvalue weighted by Crippen LogP contribution is -2.35. The third-order valence-electron chi connectivity index (χ3n) is 4.85. The van der Waals surface area contributed by atoms with Crippen molar-refractivity contribution in [3.05, 3.63) is 12.2 Å². The van der Waals surface area contributed by atoms with Crippen LogP contribution in [0.5, 0.6) is 0 Å². The highest BCUT2D eigenvalue weighted by molar-refractivity contribution is 6.18. The van der Waals surface area contributed by atoms with Crippen LogP contribution < -0.4 is 0 Å². The van der Waals surface area contributed by atoms with Gasteiger partial charge in [0, 0.05) is 24.8 Å². The van der Waals surface area contributed by atoms with Gasteiger partial charge in [-0.15, -0.1) is 23.2 Å². The number of carbonyl (C=O) groups is 1. The van der Waals surface area contributed by atoms with Crippen LogP contribution >= 0.6 is 23.2 Å². The lowest BCUT2D eigenvalue weighted by atomic mass is 10.1. The van der Waals surface area contributed by atoms with Crippen LogP contribution in [0.1, 0.15) is 96.8 Å². The molecule has 0 aliphatic rings. The molecule has 0 spiro atoms. The zero-order valence-corrected chi connectivity index (χ0v) is 19.6. The SMILES string of the molecule is CCCCCCCC/C=C\CCCCCCCCOC(=O)N(CCCl)CCCl. The molecule has 0 aromatic carbocycles. The molecule has 0 N–H and O–H groups in total. The first-order valence-electron chi connectivity index (χ1n) is 11.4. The summed E-state index contributed by atoms with van der Waals surface area (Å²) in [6.45, 7) is 3.73. The van der Waals surface area contributed by atoms with Crippen LogP contribution in [0.2, 0.25) is 0 Å². The number of carbonyl (C=O) groups excluding carboxylic acids is 1. The predicted octanol–water partition coefficient (Wildman–Crippen LogP) is 7.94. The average Bonchev–Trinajstić information content (AvgIpc) is 2.70. The Morgan fingerprint density at radius 2 is 1.21 bits per heavy atom. The van der Waals surface area contributed by atoms with E-state index in [0.29, 0.717) is 31.5 Å². The van der Waals surface area contributed by atoms with E-state index in [2.05, 4.69) is 19.1 Å². The van der Waals surface area contributed by atoms with Gasteiger partial charge in [-0.25, -0.2) is 4.79 Å². The second-order valence-corrected chi connectivity index (χ2v) is 8.17. The molecular weight excluding hydrogens is 393 g/mol. The molecule has 0 fully saturated rings. The number of unbranched alkanes of at least 4 members (excludes halogenated alkanes) is 12. The number of hydrogen-bond donors (Lipinski definition) is 0. The molecule has 28 heavy (non-hydrogen) atoms. The molecule has 1 amide bonds. The maximum absolute atomic E-state index is 11.9. The van der Waals surface area contributed by atoms with Crippen LogP contribution in [0.3, 0.4) is 0 Å². The number of rotatable bonds is 20. The van der Waals surface area contributed by atoms with E-state index in [0.717, 1.165) is 12.8 Å². The van der Waals surface area contributed by atoms with E-state index in [4.69, 9.17) is 27.9 Å². The topological polar surface area (TPSA) is 29.5 Å². The van der Waals surface area contributed by atoms with E-state index < -0.39 is 0 Å². The van der Waals surface area contributed by atoms with Gasteiger partial charge in [-0.1, -0.05) is 76.9 Å².